The van der Waals surface area contributed by atoms with Gasteiger partial charge < -0.3 is 31.5 Å². The van der Waals surface area contributed by atoms with Crippen LogP contribution in [0.5, 0.6) is 0 Å². The maximum absolute atomic E-state index is 7.42. The second-order valence-corrected chi connectivity index (χ2v) is 6.49. The minimum Gasteiger partial charge on any atom is -0.398 e. The Labute approximate surface area is 164 Å². The van der Waals surface area contributed by atoms with Crippen LogP contribution in [0.15, 0.2) is 30.5 Å². The van der Waals surface area contributed by atoms with Crippen molar-refractivity contribution in [3.63, 3.8) is 0 Å². The number of allylic oxidation sites excluding steroid dienone is 2. The first-order chi connectivity index (χ1) is 13.6. The molecular formula is C20H25N7O. The van der Waals surface area contributed by atoms with Crippen molar-refractivity contribution in [1.29, 1.82) is 10.8 Å². The summed E-state index contributed by atoms with van der Waals surface area (Å²) in [5.41, 5.74) is 9.60. The summed E-state index contributed by atoms with van der Waals surface area (Å²) in [4.78, 5) is 11.6. The van der Waals surface area contributed by atoms with Crippen molar-refractivity contribution in [1.82, 2.24) is 15.3 Å². The average molecular weight is 379 g/mol. The minimum absolute atomic E-state index is 0.181. The molecular weight excluding hydrogens is 354 g/mol. The van der Waals surface area contributed by atoms with Gasteiger partial charge >= 0.3 is 0 Å². The molecule has 0 radical (unpaired) electrons. The monoisotopic (exact) mass is 379 g/mol. The molecule has 0 amide bonds. The van der Waals surface area contributed by atoms with Gasteiger partial charge in [-0.25, -0.2) is 4.98 Å². The number of anilines is 1. The summed E-state index contributed by atoms with van der Waals surface area (Å²) in [6.45, 7) is 4.11. The second-order valence-electron chi connectivity index (χ2n) is 6.49. The zero-order chi connectivity index (χ0) is 20.1. The van der Waals surface area contributed by atoms with Crippen molar-refractivity contribution < 1.29 is 4.74 Å². The molecule has 1 fully saturated rings. The van der Waals surface area contributed by atoms with Gasteiger partial charge in [0, 0.05) is 48.9 Å². The van der Waals surface area contributed by atoms with E-state index in [9.17, 15) is 0 Å². The van der Waals surface area contributed by atoms with Crippen LogP contribution in [-0.4, -0.2) is 55.2 Å². The molecule has 8 nitrogen and oxygen atoms in total. The maximum Gasteiger partial charge on any atom is 0.130 e. The predicted octanol–water partition coefficient (Wildman–Crippen LogP) is 2.01. The van der Waals surface area contributed by atoms with E-state index in [1.807, 2.05) is 12.1 Å². The lowest BCUT2D eigenvalue weighted by Crippen LogP contribution is -2.44. The van der Waals surface area contributed by atoms with Crippen LogP contribution in [0, 0.1) is 10.8 Å². The van der Waals surface area contributed by atoms with Gasteiger partial charge in [0.25, 0.3) is 0 Å². The zero-order valence-corrected chi connectivity index (χ0v) is 16.1. The number of hydrogen-bond acceptors (Lipinski definition) is 8. The number of nitrogens with zero attached hydrogens (tertiary/aromatic N) is 3. The Hall–Kier alpha value is -3.26. The van der Waals surface area contributed by atoms with Crippen LogP contribution in [0.25, 0.3) is 22.3 Å². The highest BCUT2D eigenvalue weighted by Crippen LogP contribution is 2.30. The van der Waals surface area contributed by atoms with Crippen LogP contribution < -0.4 is 16.0 Å². The van der Waals surface area contributed by atoms with Gasteiger partial charge in [-0.3, -0.25) is 4.98 Å². The van der Waals surface area contributed by atoms with E-state index in [1.54, 1.807) is 25.4 Å². The van der Waals surface area contributed by atoms with Crippen molar-refractivity contribution in [2.24, 2.45) is 5.73 Å². The molecule has 0 spiro atoms. The molecule has 1 saturated heterocycles. The molecule has 28 heavy (non-hydrogen) atoms. The summed E-state index contributed by atoms with van der Waals surface area (Å²) < 4.78 is 5.56. The van der Waals surface area contributed by atoms with Gasteiger partial charge in [-0.15, -0.1) is 0 Å². The number of aromatic nitrogens is 2. The Balaban J connectivity index is 2.31. The molecule has 3 heterocycles. The minimum atomic E-state index is 0.181. The van der Waals surface area contributed by atoms with Gasteiger partial charge in [0.15, 0.2) is 0 Å². The molecule has 1 aliphatic rings. The van der Waals surface area contributed by atoms with E-state index in [0.29, 0.717) is 35.8 Å². The SMILES string of the molecule is CN/C(=C\C=N)c1nccc2c(/C(N)=C/C=N)cc(N3CCOC[C@H]3C)nc12. The number of pyridine rings is 2. The van der Waals surface area contributed by atoms with Crippen molar-refractivity contribution in [2.45, 2.75) is 13.0 Å². The Morgan fingerprint density at radius 2 is 2.14 bits per heavy atom. The largest absolute Gasteiger partial charge is 0.398 e. The molecule has 1 aliphatic heterocycles. The summed E-state index contributed by atoms with van der Waals surface area (Å²) in [5.74, 6) is 0.791. The molecule has 0 saturated carbocycles. The van der Waals surface area contributed by atoms with Crippen molar-refractivity contribution in [2.75, 3.05) is 31.7 Å². The maximum atomic E-state index is 7.42. The third-order valence-corrected chi connectivity index (χ3v) is 4.72. The number of ether oxygens (including phenoxy) is 1. The van der Waals surface area contributed by atoms with Crippen LogP contribution >= 0.6 is 0 Å². The van der Waals surface area contributed by atoms with Crippen LogP contribution in [0.3, 0.4) is 0 Å². The third kappa shape index (κ3) is 3.72. The second kappa shape index (κ2) is 8.62. The first-order valence-electron chi connectivity index (χ1n) is 9.10. The highest BCUT2D eigenvalue weighted by Gasteiger charge is 2.23. The van der Waals surface area contributed by atoms with E-state index in [4.69, 9.17) is 26.3 Å². The first-order valence-corrected chi connectivity index (χ1v) is 9.10. The van der Waals surface area contributed by atoms with Crippen LogP contribution in [-0.2, 0) is 4.74 Å². The summed E-state index contributed by atoms with van der Waals surface area (Å²) in [6, 6.07) is 4.01. The van der Waals surface area contributed by atoms with Gasteiger partial charge in [0.2, 0.25) is 0 Å². The van der Waals surface area contributed by atoms with Gasteiger partial charge in [-0.05, 0) is 31.2 Å². The van der Waals surface area contributed by atoms with Crippen molar-refractivity contribution in [3.8, 4) is 0 Å². The lowest BCUT2D eigenvalue weighted by molar-refractivity contribution is 0.0985. The highest BCUT2D eigenvalue weighted by atomic mass is 16.5. The predicted molar refractivity (Wildman–Crippen MR) is 114 cm³/mol. The Morgan fingerprint density at radius 1 is 1.36 bits per heavy atom. The first kappa shape index (κ1) is 19.5. The summed E-state index contributed by atoms with van der Waals surface area (Å²) in [7, 11) is 1.79. The van der Waals surface area contributed by atoms with Crippen LogP contribution in [0.1, 0.15) is 18.2 Å². The van der Waals surface area contributed by atoms with E-state index in [2.05, 4.69) is 22.1 Å². The molecule has 5 N–H and O–H groups in total. The highest BCUT2D eigenvalue weighted by molar-refractivity contribution is 6.00. The van der Waals surface area contributed by atoms with Crippen LogP contribution in [0.4, 0.5) is 5.82 Å². The van der Waals surface area contributed by atoms with Gasteiger partial charge in [-0.1, -0.05) is 0 Å². The number of morpholine rings is 1. The molecule has 0 aromatic carbocycles. The van der Waals surface area contributed by atoms with Gasteiger partial charge in [0.05, 0.1) is 25.0 Å². The van der Waals surface area contributed by atoms with Crippen LogP contribution in [0.2, 0.25) is 0 Å². The molecule has 0 unspecified atom stereocenters. The molecule has 3 rings (SSSR count). The zero-order valence-electron chi connectivity index (χ0n) is 16.1. The molecule has 8 heteroatoms. The molecule has 2 aromatic rings. The number of nitrogens with two attached hydrogens (primary N) is 1. The Bertz CT molecular complexity index is 951. The standard InChI is InChI=1S/C20H25N7O/c1-13-12-28-10-9-27(13)18-11-15(16(23)3-6-21)14-5-8-25-20(19(14)26-18)17(24-2)4-7-22/h3-8,11,13,21-22,24H,9-10,12,23H2,1-2H3/b16-3-,17-4-,21-6?,22-7?/t13-/m1/s1. The number of nitrogens with one attached hydrogen (secondary N) is 3. The fourth-order valence-electron chi connectivity index (χ4n) is 3.33. The van der Waals surface area contributed by atoms with E-state index < -0.39 is 0 Å². The fourth-order valence-corrected chi connectivity index (χ4v) is 3.33. The number of fused-ring (bicyclic) bond motifs is 1. The molecule has 2 aromatic heterocycles. The topological polar surface area (TPSA) is 124 Å². The fraction of sp³-hybridized carbons (Fsp3) is 0.300. The smallest absolute Gasteiger partial charge is 0.130 e. The van der Waals surface area contributed by atoms with Crippen molar-refractivity contribution >= 4 is 40.5 Å². The van der Waals surface area contributed by atoms with Crippen molar-refractivity contribution in [3.05, 3.63) is 41.7 Å². The number of rotatable bonds is 6. The van der Waals surface area contributed by atoms with E-state index in [0.717, 1.165) is 23.3 Å². The van der Waals surface area contributed by atoms with Gasteiger partial charge in [0.1, 0.15) is 17.0 Å². The Morgan fingerprint density at radius 3 is 2.82 bits per heavy atom. The molecule has 146 valence electrons. The summed E-state index contributed by atoms with van der Waals surface area (Å²) in [6.07, 6.45) is 7.30. The molecule has 0 aliphatic carbocycles. The van der Waals surface area contributed by atoms with Gasteiger partial charge in [-0.2, -0.15) is 0 Å². The van der Waals surface area contributed by atoms with E-state index >= 15 is 0 Å². The lowest BCUT2D eigenvalue weighted by Gasteiger charge is -2.34. The third-order valence-electron chi connectivity index (χ3n) is 4.72. The Kier molecular flexibility index (Phi) is 6.00. The normalized spacial score (nSPS) is 18.2. The van der Waals surface area contributed by atoms with E-state index in [1.165, 1.54) is 12.4 Å². The summed E-state index contributed by atoms with van der Waals surface area (Å²) >= 11 is 0. The quantitative estimate of drug-likeness (QED) is 0.569. The molecule has 0 bridgehead atoms. The summed E-state index contributed by atoms with van der Waals surface area (Å²) in [5, 5.41) is 18.7. The number of hydrogen-bond donors (Lipinski definition) is 4. The van der Waals surface area contributed by atoms with E-state index in [-0.39, 0.29) is 6.04 Å². The average Bonchev–Trinajstić information content (AvgIpc) is 2.71. The lowest BCUT2D eigenvalue weighted by atomic mass is 10.0. The molecule has 1 atom stereocenters.